The minimum atomic E-state index is -3.49. The fraction of sp³-hybridized carbons (Fsp3) is 0.571. The smallest absolute Gasteiger partial charge is 0.243 e. The second kappa shape index (κ2) is 5.13. The largest absolute Gasteiger partial charge is 0.399 e. The topological polar surface area (TPSA) is 63.4 Å². The van der Waals surface area contributed by atoms with Crippen molar-refractivity contribution in [3.8, 4) is 0 Å². The van der Waals surface area contributed by atoms with E-state index in [2.05, 4.69) is 0 Å². The van der Waals surface area contributed by atoms with Gasteiger partial charge in [-0.3, -0.25) is 0 Å². The maximum Gasteiger partial charge on any atom is 0.243 e. The molecule has 2 N–H and O–H groups in total. The zero-order valence-electron chi connectivity index (χ0n) is 12.6. The Morgan fingerprint density at radius 2 is 1.79 bits per heavy atom. The van der Waals surface area contributed by atoms with Crippen LogP contribution in [0, 0.1) is 12.3 Å². The highest BCUT2D eigenvalue weighted by Crippen LogP contribution is 2.29. The van der Waals surface area contributed by atoms with Crippen molar-refractivity contribution in [1.29, 1.82) is 0 Å². The van der Waals surface area contributed by atoms with Crippen LogP contribution >= 0.6 is 0 Å². The summed E-state index contributed by atoms with van der Waals surface area (Å²) in [5, 5.41) is 0. The van der Waals surface area contributed by atoms with Gasteiger partial charge in [-0.1, -0.05) is 20.8 Å². The Kier molecular flexibility index (Phi) is 4.32. The van der Waals surface area contributed by atoms with Gasteiger partial charge in [0.25, 0.3) is 0 Å². The van der Waals surface area contributed by atoms with E-state index in [9.17, 15) is 8.42 Å². The molecule has 0 radical (unpaired) electrons. The maximum atomic E-state index is 12.6. The lowest BCUT2D eigenvalue weighted by Crippen LogP contribution is -2.43. The number of sulfonamides is 1. The van der Waals surface area contributed by atoms with Crippen LogP contribution in [0.25, 0.3) is 0 Å². The van der Waals surface area contributed by atoms with E-state index in [-0.39, 0.29) is 11.5 Å². The lowest BCUT2D eigenvalue weighted by atomic mass is 9.88. The molecule has 0 aromatic heterocycles. The monoisotopic (exact) mass is 284 g/mol. The minimum Gasteiger partial charge on any atom is -0.399 e. The summed E-state index contributed by atoms with van der Waals surface area (Å²) in [6.07, 6.45) is 0. The van der Waals surface area contributed by atoms with Crippen molar-refractivity contribution in [2.24, 2.45) is 5.41 Å². The molecule has 0 aliphatic rings. The van der Waals surface area contributed by atoms with Crippen molar-refractivity contribution in [3.05, 3.63) is 23.8 Å². The molecular weight excluding hydrogens is 260 g/mol. The molecular formula is C14H24N2O2S. The summed E-state index contributed by atoms with van der Waals surface area (Å²) in [5.41, 5.74) is 6.79. The number of nitrogens with zero attached hydrogens (tertiary/aromatic N) is 1. The quantitative estimate of drug-likeness (QED) is 0.868. The predicted octanol–water partition coefficient (Wildman–Crippen LogP) is 2.63. The highest BCUT2D eigenvalue weighted by Gasteiger charge is 2.33. The number of nitrogen functional groups attached to an aromatic ring is 1. The third-order valence-electron chi connectivity index (χ3n) is 3.65. The summed E-state index contributed by atoms with van der Waals surface area (Å²) in [5.74, 6) is 0. The summed E-state index contributed by atoms with van der Waals surface area (Å²) >= 11 is 0. The highest BCUT2D eigenvalue weighted by molar-refractivity contribution is 7.89. The van der Waals surface area contributed by atoms with E-state index in [0.717, 1.165) is 0 Å². The first-order chi connectivity index (χ1) is 8.48. The van der Waals surface area contributed by atoms with Crippen molar-refractivity contribution < 1.29 is 8.42 Å². The zero-order valence-corrected chi connectivity index (χ0v) is 13.4. The van der Waals surface area contributed by atoms with Crippen molar-refractivity contribution >= 4 is 15.7 Å². The summed E-state index contributed by atoms with van der Waals surface area (Å²) in [7, 11) is -1.86. The Morgan fingerprint density at radius 3 is 2.21 bits per heavy atom. The van der Waals surface area contributed by atoms with E-state index in [0.29, 0.717) is 16.1 Å². The molecule has 1 rings (SSSR count). The molecule has 0 amide bonds. The number of hydrogen-bond acceptors (Lipinski definition) is 3. The number of aryl methyl sites for hydroxylation is 1. The molecule has 0 saturated heterocycles. The summed E-state index contributed by atoms with van der Waals surface area (Å²) in [6.45, 7) is 9.77. The Labute approximate surface area is 116 Å². The molecule has 0 aliphatic carbocycles. The van der Waals surface area contributed by atoms with Crippen LogP contribution in [-0.2, 0) is 10.0 Å². The van der Waals surface area contributed by atoms with Crippen molar-refractivity contribution in [2.45, 2.75) is 45.6 Å². The van der Waals surface area contributed by atoms with E-state index >= 15 is 0 Å². The van der Waals surface area contributed by atoms with Gasteiger partial charge in [-0.15, -0.1) is 0 Å². The Balaban J connectivity index is 3.24. The van der Waals surface area contributed by atoms with Crippen LogP contribution in [0.4, 0.5) is 5.69 Å². The summed E-state index contributed by atoms with van der Waals surface area (Å²) in [4.78, 5) is 0.320. The van der Waals surface area contributed by atoms with Crippen LogP contribution in [0.3, 0.4) is 0 Å². The molecule has 4 nitrogen and oxygen atoms in total. The maximum absolute atomic E-state index is 12.6. The molecule has 0 aliphatic heterocycles. The molecule has 0 bridgehead atoms. The first-order valence-electron chi connectivity index (χ1n) is 6.32. The van der Waals surface area contributed by atoms with Gasteiger partial charge in [0.1, 0.15) is 0 Å². The van der Waals surface area contributed by atoms with Crippen LogP contribution in [-0.4, -0.2) is 25.8 Å². The van der Waals surface area contributed by atoms with Gasteiger partial charge in [0, 0.05) is 18.8 Å². The Morgan fingerprint density at radius 1 is 1.26 bits per heavy atom. The first kappa shape index (κ1) is 16.0. The van der Waals surface area contributed by atoms with Gasteiger partial charge in [0.15, 0.2) is 0 Å². The number of rotatable bonds is 3. The SMILES string of the molecule is Cc1cc(N)ccc1S(=O)(=O)N(C)C(C)C(C)(C)C. The third-order valence-corrected chi connectivity index (χ3v) is 5.74. The third kappa shape index (κ3) is 3.28. The predicted molar refractivity (Wildman–Crippen MR) is 79.5 cm³/mol. The Hall–Kier alpha value is -1.07. The highest BCUT2D eigenvalue weighted by atomic mass is 32.2. The lowest BCUT2D eigenvalue weighted by Gasteiger charge is -2.34. The molecule has 0 fully saturated rings. The van der Waals surface area contributed by atoms with Gasteiger partial charge < -0.3 is 5.73 Å². The van der Waals surface area contributed by atoms with Gasteiger partial charge in [-0.2, -0.15) is 4.31 Å². The molecule has 108 valence electrons. The van der Waals surface area contributed by atoms with Crippen molar-refractivity contribution in [1.82, 2.24) is 4.31 Å². The Bertz CT molecular complexity index is 559. The molecule has 1 unspecified atom stereocenters. The second-order valence-corrected chi connectivity index (χ2v) is 8.05. The van der Waals surface area contributed by atoms with E-state index in [1.807, 2.05) is 27.7 Å². The van der Waals surface area contributed by atoms with Gasteiger partial charge in [0.2, 0.25) is 10.0 Å². The molecule has 19 heavy (non-hydrogen) atoms. The fourth-order valence-corrected chi connectivity index (χ4v) is 3.62. The van der Waals surface area contributed by atoms with Crippen LogP contribution in [0.2, 0.25) is 0 Å². The fourth-order valence-electron chi connectivity index (χ4n) is 1.87. The van der Waals surface area contributed by atoms with Gasteiger partial charge >= 0.3 is 0 Å². The minimum absolute atomic E-state index is 0.102. The summed E-state index contributed by atoms with van der Waals surface area (Å²) in [6, 6.07) is 4.78. The van der Waals surface area contributed by atoms with E-state index in [1.54, 1.807) is 32.2 Å². The second-order valence-electron chi connectivity index (χ2n) is 6.09. The number of anilines is 1. The van der Waals surface area contributed by atoms with Crippen LogP contribution in [0.5, 0.6) is 0 Å². The normalized spacial score (nSPS) is 14.7. The number of benzene rings is 1. The standard InChI is InChI=1S/C14H24N2O2S/c1-10-9-12(15)7-8-13(10)19(17,18)16(6)11(2)14(3,4)5/h7-9,11H,15H2,1-6H3. The zero-order chi connectivity index (χ0) is 15.0. The molecule has 0 heterocycles. The molecule has 1 aromatic carbocycles. The average Bonchev–Trinajstić information content (AvgIpc) is 2.25. The molecule has 1 aromatic rings. The van der Waals surface area contributed by atoms with Crippen LogP contribution < -0.4 is 5.73 Å². The first-order valence-corrected chi connectivity index (χ1v) is 7.76. The van der Waals surface area contributed by atoms with Gasteiger partial charge in [0.05, 0.1) is 4.90 Å². The van der Waals surface area contributed by atoms with Crippen LogP contribution in [0.1, 0.15) is 33.3 Å². The molecule has 0 spiro atoms. The molecule has 0 saturated carbocycles. The number of hydrogen-bond donors (Lipinski definition) is 1. The van der Waals surface area contributed by atoms with E-state index in [1.165, 1.54) is 4.31 Å². The van der Waals surface area contributed by atoms with Gasteiger partial charge in [-0.05, 0) is 43.0 Å². The molecule has 1 atom stereocenters. The average molecular weight is 284 g/mol. The summed E-state index contributed by atoms with van der Waals surface area (Å²) < 4.78 is 26.7. The number of nitrogens with two attached hydrogens (primary N) is 1. The van der Waals surface area contributed by atoms with Crippen LogP contribution in [0.15, 0.2) is 23.1 Å². The van der Waals surface area contributed by atoms with Gasteiger partial charge in [-0.25, -0.2) is 8.42 Å². The van der Waals surface area contributed by atoms with E-state index < -0.39 is 10.0 Å². The molecule has 5 heteroatoms. The van der Waals surface area contributed by atoms with Crippen molar-refractivity contribution in [2.75, 3.05) is 12.8 Å². The van der Waals surface area contributed by atoms with E-state index in [4.69, 9.17) is 5.73 Å². The lowest BCUT2D eigenvalue weighted by molar-refractivity contribution is 0.216. The van der Waals surface area contributed by atoms with Crippen molar-refractivity contribution in [3.63, 3.8) is 0 Å².